The molecule has 0 bridgehead atoms. The highest BCUT2D eigenvalue weighted by atomic mass is 32.2. The molecule has 2 saturated heterocycles. The van der Waals surface area contributed by atoms with Crippen LogP contribution in [0, 0.1) is 0 Å². The van der Waals surface area contributed by atoms with Crippen LogP contribution in [0.3, 0.4) is 0 Å². The summed E-state index contributed by atoms with van der Waals surface area (Å²) >= 11 is 0.835. The first-order valence-electron chi connectivity index (χ1n) is 8.45. The third-order valence-corrected chi connectivity index (χ3v) is 5.92. The second-order valence-corrected chi connectivity index (χ2v) is 7.97. The van der Waals surface area contributed by atoms with Crippen molar-refractivity contribution in [3.63, 3.8) is 0 Å². The van der Waals surface area contributed by atoms with Crippen LogP contribution in [0.25, 0.3) is 0 Å². The minimum Gasteiger partial charge on any atom is -0.394 e. The van der Waals surface area contributed by atoms with Crippen LogP contribution in [0.2, 0.25) is 0 Å². The molecule has 0 amide bonds. The zero-order valence-electron chi connectivity index (χ0n) is 14.5. The molecule has 0 aromatic carbocycles. The van der Waals surface area contributed by atoms with Gasteiger partial charge in [-0.15, -0.1) is 11.8 Å². The molecular weight excluding hydrogens is 372 g/mol. The molecule has 7 N–H and O–H groups in total. The topological polar surface area (TPSA) is 169 Å². The number of aliphatic hydroxyl groups is 7. The predicted octanol–water partition coefficient (Wildman–Crippen LogP) is -3.25. The van der Waals surface area contributed by atoms with E-state index in [1.165, 1.54) is 0 Å². The van der Waals surface area contributed by atoms with Crippen LogP contribution in [-0.2, 0) is 14.2 Å². The summed E-state index contributed by atoms with van der Waals surface area (Å²) in [5.41, 5.74) is -1.13. The van der Waals surface area contributed by atoms with E-state index in [1.54, 1.807) is 13.8 Å². The maximum Gasteiger partial charge on any atom is 0.186 e. The molecule has 0 spiro atoms. The lowest BCUT2D eigenvalue weighted by Crippen LogP contribution is -2.61. The summed E-state index contributed by atoms with van der Waals surface area (Å²) < 4.78 is 16.3. The van der Waals surface area contributed by atoms with Crippen molar-refractivity contribution in [3.05, 3.63) is 0 Å². The number of ether oxygens (including phenoxy) is 3. The smallest absolute Gasteiger partial charge is 0.186 e. The Balaban J connectivity index is 2.11. The quantitative estimate of drug-likeness (QED) is 0.239. The van der Waals surface area contributed by atoms with Crippen LogP contribution in [0.1, 0.15) is 13.8 Å². The highest BCUT2D eigenvalue weighted by Crippen LogP contribution is 2.37. The number of hydrogen-bond acceptors (Lipinski definition) is 11. The molecule has 0 saturated carbocycles. The second-order valence-electron chi connectivity index (χ2n) is 6.69. The summed E-state index contributed by atoms with van der Waals surface area (Å²) in [6.45, 7) is 2.38. The van der Waals surface area contributed by atoms with Crippen molar-refractivity contribution >= 4 is 11.8 Å². The van der Waals surface area contributed by atoms with E-state index in [-0.39, 0.29) is 6.10 Å². The first-order valence-corrected chi connectivity index (χ1v) is 9.39. The van der Waals surface area contributed by atoms with Crippen molar-refractivity contribution in [1.82, 2.24) is 0 Å². The number of hydrogen-bond donors (Lipinski definition) is 7. The Kier molecular flexibility index (Phi) is 8.07. The normalized spacial score (nSPS) is 47.3. The summed E-state index contributed by atoms with van der Waals surface area (Å²) in [5.74, 6) is 0. The van der Waals surface area contributed by atoms with Crippen molar-refractivity contribution in [2.45, 2.75) is 79.7 Å². The number of thioether (sulfide) groups is 1. The van der Waals surface area contributed by atoms with Gasteiger partial charge in [-0.25, -0.2) is 0 Å². The molecule has 2 aliphatic heterocycles. The summed E-state index contributed by atoms with van der Waals surface area (Å²) in [4.78, 5) is 0. The van der Waals surface area contributed by atoms with Gasteiger partial charge in [0.25, 0.3) is 0 Å². The fourth-order valence-corrected chi connectivity index (χ4v) is 4.42. The average molecular weight is 400 g/mol. The maximum absolute atomic E-state index is 10.4. The molecule has 0 aromatic heterocycles. The van der Waals surface area contributed by atoms with Gasteiger partial charge in [-0.1, -0.05) is 0 Å². The van der Waals surface area contributed by atoms with Gasteiger partial charge in [0.15, 0.2) is 6.29 Å². The molecule has 26 heavy (non-hydrogen) atoms. The van der Waals surface area contributed by atoms with Crippen LogP contribution < -0.4 is 0 Å². The molecule has 0 radical (unpaired) electrons. The Morgan fingerprint density at radius 2 is 1.42 bits per heavy atom. The van der Waals surface area contributed by atoms with Crippen molar-refractivity contribution in [2.24, 2.45) is 0 Å². The van der Waals surface area contributed by atoms with Gasteiger partial charge in [0.05, 0.1) is 36.8 Å². The predicted molar refractivity (Wildman–Crippen MR) is 89.1 cm³/mol. The van der Waals surface area contributed by atoms with Crippen molar-refractivity contribution < 1.29 is 50.0 Å². The van der Waals surface area contributed by atoms with Gasteiger partial charge in [0.2, 0.25) is 0 Å². The van der Waals surface area contributed by atoms with Gasteiger partial charge < -0.3 is 50.0 Å². The monoisotopic (exact) mass is 400 g/mol. The molecule has 0 aromatic rings. The molecule has 0 aliphatic carbocycles. The minimum absolute atomic E-state index is 0.282. The third kappa shape index (κ3) is 4.67. The van der Waals surface area contributed by atoms with Gasteiger partial charge >= 0.3 is 0 Å². The summed E-state index contributed by atoms with van der Waals surface area (Å²) in [6, 6.07) is 0. The molecule has 154 valence electrons. The highest BCUT2D eigenvalue weighted by Gasteiger charge is 2.50. The Morgan fingerprint density at radius 1 is 0.808 bits per heavy atom. The van der Waals surface area contributed by atoms with E-state index in [2.05, 4.69) is 0 Å². The van der Waals surface area contributed by atoms with Gasteiger partial charge in [0.1, 0.15) is 36.0 Å². The van der Waals surface area contributed by atoms with Crippen molar-refractivity contribution in [2.75, 3.05) is 13.2 Å². The highest BCUT2D eigenvalue weighted by molar-refractivity contribution is 8.00. The molecule has 2 heterocycles. The van der Waals surface area contributed by atoms with Crippen LogP contribution in [0.5, 0.6) is 0 Å². The first-order chi connectivity index (χ1) is 12.2. The summed E-state index contributed by atoms with van der Waals surface area (Å²) in [5, 5.41) is 68.4. The van der Waals surface area contributed by atoms with Crippen LogP contribution in [0.4, 0.5) is 0 Å². The van der Waals surface area contributed by atoms with E-state index in [4.69, 9.17) is 14.2 Å². The minimum atomic E-state index is -1.56. The van der Waals surface area contributed by atoms with E-state index < -0.39 is 72.9 Å². The van der Waals surface area contributed by atoms with E-state index >= 15 is 0 Å². The second kappa shape index (κ2) is 9.43. The van der Waals surface area contributed by atoms with E-state index in [9.17, 15) is 35.7 Å². The Morgan fingerprint density at radius 3 is 1.96 bits per heavy atom. The van der Waals surface area contributed by atoms with Crippen molar-refractivity contribution in [3.8, 4) is 0 Å². The van der Waals surface area contributed by atoms with Crippen LogP contribution in [0.15, 0.2) is 0 Å². The molecule has 2 fully saturated rings. The van der Waals surface area contributed by atoms with E-state index in [0.29, 0.717) is 0 Å². The first kappa shape index (κ1) is 22.2. The van der Waals surface area contributed by atoms with Crippen molar-refractivity contribution in [1.29, 1.82) is 0 Å². The molecule has 2 aliphatic rings. The lowest BCUT2D eigenvalue weighted by molar-refractivity contribution is -0.278. The lowest BCUT2D eigenvalue weighted by Gasteiger charge is -2.45. The molecule has 11 heteroatoms. The molecule has 10 atom stereocenters. The fourth-order valence-electron chi connectivity index (χ4n) is 2.94. The number of aliphatic hydroxyl groups excluding tert-OH is 7. The Bertz CT molecular complexity index is 437. The Hall–Kier alpha value is -0.0500. The van der Waals surface area contributed by atoms with Gasteiger partial charge in [-0.2, -0.15) is 0 Å². The van der Waals surface area contributed by atoms with Crippen LogP contribution in [-0.4, -0.2) is 115 Å². The largest absolute Gasteiger partial charge is 0.394 e. The summed E-state index contributed by atoms with van der Waals surface area (Å²) in [7, 11) is 0. The lowest BCUT2D eigenvalue weighted by atomic mass is 10.0. The third-order valence-electron chi connectivity index (χ3n) is 4.37. The molecule has 0 unspecified atom stereocenters. The average Bonchev–Trinajstić information content (AvgIpc) is 2.60. The zero-order chi connectivity index (χ0) is 19.6. The fraction of sp³-hybridized carbons (Fsp3) is 1.00. The molecular formula is C15H28O10S. The van der Waals surface area contributed by atoms with Crippen LogP contribution >= 0.6 is 11.8 Å². The molecule has 10 nitrogen and oxygen atoms in total. The van der Waals surface area contributed by atoms with Gasteiger partial charge in [0, 0.05) is 0 Å². The molecule has 2 rings (SSSR count). The van der Waals surface area contributed by atoms with Gasteiger partial charge in [-0.3, -0.25) is 0 Å². The maximum atomic E-state index is 10.4. The zero-order valence-corrected chi connectivity index (χ0v) is 15.3. The number of rotatable bonds is 6. The summed E-state index contributed by atoms with van der Waals surface area (Å²) in [6.07, 6.45) is -10.8. The van der Waals surface area contributed by atoms with E-state index in [1.807, 2.05) is 0 Å². The Labute approximate surface area is 155 Å². The van der Waals surface area contributed by atoms with E-state index in [0.717, 1.165) is 11.8 Å². The standard InChI is InChI=1S/C15H28O10S/c1-5(2)23-14-11(21)10(20)13(7(4-17)24-14)26-15-12(22)9(19)8(18)6(3-16)25-15/h5-22H,3-4H2,1-2H3/t6-,7-,8-,9+,10+,11-,12-,13+,14+,15+/m1/s1. The van der Waals surface area contributed by atoms with Gasteiger partial charge in [-0.05, 0) is 13.8 Å². The SMILES string of the molecule is CC(C)O[C@H]1O[C@H](CO)[C@H](S[C@@H]2O[C@H](CO)[C@@H](O)[C@H](O)[C@H]2O)[C@@H](O)[C@H]1O.